The quantitative estimate of drug-likeness (QED) is 0.816. The van der Waals surface area contributed by atoms with E-state index >= 15 is 0 Å². The van der Waals surface area contributed by atoms with Crippen molar-refractivity contribution in [3.05, 3.63) is 64.2 Å². The molecule has 1 aliphatic heterocycles. The van der Waals surface area contributed by atoms with E-state index in [4.69, 9.17) is 11.6 Å². The van der Waals surface area contributed by atoms with Crippen LogP contribution in [0.2, 0.25) is 5.02 Å². The number of carbonyl (C=O) groups is 2. The van der Waals surface area contributed by atoms with E-state index in [1.165, 1.54) is 0 Å². The number of amides is 1. The SMILES string of the molecule is CN1C(=O)Cc2cc(C(=O)Cc3ccccc3Cl)ccc21. The van der Waals surface area contributed by atoms with Crippen LogP contribution in [0.1, 0.15) is 21.5 Å². The predicted octanol–water partition coefficient (Wildman–Crippen LogP) is 3.28. The zero-order valence-electron chi connectivity index (χ0n) is 11.6. The number of fused-ring (bicyclic) bond motifs is 1. The summed E-state index contributed by atoms with van der Waals surface area (Å²) in [6.07, 6.45) is 0.626. The molecule has 0 spiro atoms. The minimum absolute atomic E-state index is 0.00732. The molecule has 3 rings (SSSR count). The molecular formula is C17H14ClNO2. The molecule has 0 aliphatic carbocycles. The lowest BCUT2D eigenvalue weighted by Gasteiger charge is -2.10. The molecule has 2 aromatic rings. The molecule has 0 aromatic heterocycles. The Hall–Kier alpha value is -2.13. The van der Waals surface area contributed by atoms with Crippen molar-refractivity contribution in [3.8, 4) is 0 Å². The number of halogens is 1. The van der Waals surface area contributed by atoms with Crippen molar-refractivity contribution >= 4 is 29.0 Å². The topological polar surface area (TPSA) is 37.4 Å². The Morgan fingerprint density at radius 1 is 1.24 bits per heavy atom. The van der Waals surface area contributed by atoms with Crippen LogP contribution in [0.25, 0.3) is 0 Å². The Morgan fingerprint density at radius 2 is 2.00 bits per heavy atom. The molecule has 0 bridgehead atoms. The first kappa shape index (κ1) is 13.8. The highest BCUT2D eigenvalue weighted by molar-refractivity contribution is 6.31. The summed E-state index contributed by atoms with van der Waals surface area (Å²) in [5.74, 6) is 0.0635. The summed E-state index contributed by atoms with van der Waals surface area (Å²) in [5.41, 5.74) is 3.23. The van der Waals surface area contributed by atoms with E-state index < -0.39 is 0 Å². The third-order valence-electron chi connectivity index (χ3n) is 3.79. The maximum atomic E-state index is 12.4. The Kier molecular flexibility index (Phi) is 3.52. The van der Waals surface area contributed by atoms with Crippen LogP contribution in [-0.2, 0) is 17.6 Å². The summed E-state index contributed by atoms with van der Waals surface area (Å²) >= 11 is 6.08. The predicted molar refractivity (Wildman–Crippen MR) is 83.0 cm³/mol. The van der Waals surface area contributed by atoms with Gasteiger partial charge in [-0.15, -0.1) is 0 Å². The zero-order valence-corrected chi connectivity index (χ0v) is 12.4. The summed E-state index contributed by atoms with van der Waals surface area (Å²) in [7, 11) is 1.75. The van der Waals surface area contributed by atoms with Crippen molar-refractivity contribution in [2.75, 3.05) is 11.9 Å². The number of nitrogens with zero attached hydrogens (tertiary/aromatic N) is 1. The number of anilines is 1. The minimum Gasteiger partial charge on any atom is -0.315 e. The molecule has 3 nitrogen and oxygen atoms in total. The molecule has 0 saturated heterocycles. The van der Waals surface area contributed by atoms with Gasteiger partial charge in [-0.25, -0.2) is 0 Å². The molecule has 21 heavy (non-hydrogen) atoms. The van der Waals surface area contributed by atoms with Crippen molar-refractivity contribution in [1.29, 1.82) is 0 Å². The molecule has 0 fully saturated rings. The highest BCUT2D eigenvalue weighted by Gasteiger charge is 2.24. The Bertz CT molecular complexity index is 739. The monoisotopic (exact) mass is 299 g/mol. The van der Waals surface area contributed by atoms with E-state index in [2.05, 4.69) is 0 Å². The van der Waals surface area contributed by atoms with Crippen molar-refractivity contribution in [2.24, 2.45) is 0 Å². The van der Waals surface area contributed by atoms with E-state index in [1.54, 1.807) is 24.1 Å². The summed E-state index contributed by atoms with van der Waals surface area (Å²) < 4.78 is 0. The van der Waals surface area contributed by atoms with E-state index in [0.29, 0.717) is 17.0 Å². The number of carbonyl (C=O) groups excluding carboxylic acids is 2. The number of rotatable bonds is 3. The fourth-order valence-electron chi connectivity index (χ4n) is 2.56. The normalized spacial score (nSPS) is 13.4. The second kappa shape index (κ2) is 5.34. The summed E-state index contributed by atoms with van der Waals surface area (Å²) in [4.78, 5) is 25.7. The third kappa shape index (κ3) is 2.57. The maximum absolute atomic E-state index is 12.4. The lowest BCUT2D eigenvalue weighted by Crippen LogP contribution is -2.20. The maximum Gasteiger partial charge on any atom is 0.231 e. The molecule has 106 valence electrons. The van der Waals surface area contributed by atoms with Crippen molar-refractivity contribution in [3.63, 3.8) is 0 Å². The van der Waals surface area contributed by atoms with Gasteiger partial charge in [0.2, 0.25) is 5.91 Å². The average molecular weight is 300 g/mol. The van der Waals surface area contributed by atoms with Gasteiger partial charge < -0.3 is 4.90 Å². The van der Waals surface area contributed by atoms with Gasteiger partial charge in [-0.3, -0.25) is 9.59 Å². The van der Waals surface area contributed by atoms with Gasteiger partial charge >= 0.3 is 0 Å². The Balaban J connectivity index is 1.85. The molecule has 1 aliphatic rings. The van der Waals surface area contributed by atoms with Gasteiger partial charge in [0.05, 0.1) is 6.42 Å². The number of benzene rings is 2. The number of likely N-dealkylation sites (N-methyl/N-ethyl adjacent to an activating group) is 1. The van der Waals surface area contributed by atoms with E-state index in [9.17, 15) is 9.59 Å². The van der Waals surface area contributed by atoms with Crippen LogP contribution in [0, 0.1) is 0 Å². The molecule has 0 atom stereocenters. The fourth-order valence-corrected chi connectivity index (χ4v) is 2.76. The standard InChI is InChI=1S/C17H14ClNO2/c1-19-15-7-6-12(8-13(15)10-17(19)21)16(20)9-11-4-2-3-5-14(11)18/h2-8H,9-10H2,1H3. The summed E-state index contributed by atoms with van der Waals surface area (Å²) in [6, 6.07) is 12.8. The second-order valence-corrected chi connectivity index (χ2v) is 5.57. The molecule has 0 radical (unpaired) electrons. The molecule has 4 heteroatoms. The molecule has 0 N–H and O–H groups in total. The third-order valence-corrected chi connectivity index (χ3v) is 4.16. The highest BCUT2D eigenvalue weighted by atomic mass is 35.5. The van der Waals surface area contributed by atoms with E-state index in [1.807, 2.05) is 30.3 Å². The lowest BCUT2D eigenvalue weighted by atomic mass is 10.00. The molecular weight excluding hydrogens is 286 g/mol. The van der Waals surface area contributed by atoms with Gasteiger partial charge in [-0.2, -0.15) is 0 Å². The first-order valence-electron chi connectivity index (χ1n) is 6.72. The van der Waals surface area contributed by atoms with Crippen molar-refractivity contribution < 1.29 is 9.59 Å². The number of hydrogen-bond donors (Lipinski definition) is 0. The van der Waals surface area contributed by atoms with Crippen molar-refractivity contribution in [1.82, 2.24) is 0 Å². The van der Waals surface area contributed by atoms with Gasteiger partial charge in [-0.05, 0) is 35.4 Å². The smallest absolute Gasteiger partial charge is 0.231 e. The van der Waals surface area contributed by atoms with Gasteiger partial charge in [0.1, 0.15) is 0 Å². The number of Topliss-reactive ketones (excluding diaryl/α,β-unsaturated/α-hetero) is 1. The van der Waals surface area contributed by atoms with Crippen LogP contribution < -0.4 is 4.90 Å². The minimum atomic E-state index is 0.00732. The van der Waals surface area contributed by atoms with E-state index in [0.717, 1.165) is 16.8 Å². The summed E-state index contributed by atoms with van der Waals surface area (Å²) in [5, 5.41) is 0.599. The van der Waals surface area contributed by atoms with Crippen LogP contribution >= 0.6 is 11.6 Å². The van der Waals surface area contributed by atoms with Gasteiger partial charge in [-0.1, -0.05) is 29.8 Å². The van der Waals surface area contributed by atoms with Gasteiger partial charge in [0, 0.05) is 29.7 Å². The lowest BCUT2D eigenvalue weighted by molar-refractivity contribution is -0.117. The van der Waals surface area contributed by atoms with Crippen LogP contribution in [0.15, 0.2) is 42.5 Å². The Morgan fingerprint density at radius 3 is 2.76 bits per heavy atom. The second-order valence-electron chi connectivity index (χ2n) is 5.16. The first-order chi connectivity index (χ1) is 10.1. The van der Waals surface area contributed by atoms with E-state index in [-0.39, 0.29) is 18.1 Å². The molecule has 0 saturated carbocycles. The summed E-state index contributed by atoms with van der Waals surface area (Å²) in [6.45, 7) is 0. The number of ketones is 1. The highest BCUT2D eigenvalue weighted by Crippen LogP contribution is 2.29. The van der Waals surface area contributed by atoms with Gasteiger partial charge in [0.25, 0.3) is 0 Å². The molecule has 2 aromatic carbocycles. The fraction of sp³-hybridized carbons (Fsp3) is 0.176. The van der Waals surface area contributed by atoms with Crippen LogP contribution in [0.3, 0.4) is 0 Å². The molecule has 1 heterocycles. The number of hydrogen-bond acceptors (Lipinski definition) is 2. The first-order valence-corrected chi connectivity index (χ1v) is 7.10. The van der Waals surface area contributed by atoms with Crippen LogP contribution in [-0.4, -0.2) is 18.7 Å². The molecule has 0 unspecified atom stereocenters. The average Bonchev–Trinajstić information content (AvgIpc) is 2.76. The van der Waals surface area contributed by atoms with Gasteiger partial charge in [0.15, 0.2) is 5.78 Å². The van der Waals surface area contributed by atoms with Crippen LogP contribution in [0.5, 0.6) is 0 Å². The van der Waals surface area contributed by atoms with Crippen molar-refractivity contribution in [2.45, 2.75) is 12.8 Å². The largest absolute Gasteiger partial charge is 0.315 e. The van der Waals surface area contributed by atoms with Crippen LogP contribution in [0.4, 0.5) is 5.69 Å². The molecule has 1 amide bonds. The zero-order chi connectivity index (χ0) is 15.0. The Labute approximate surface area is 128 Å².